The number of esters is 1. The first-order chi connectivity index (χ1) is 12.9. The number of carbonyl (C=O) groups excluding carboxylic acids is 2. The molecule has 0 aliphatic rings. The number of rotatable bonds is 5. The smallest absolute Gasteiger partial charge is 0.348 e. The maximum absolute atomic E-state index is 13.1. The molecule has 0 radical (unpaired) electrons. The summed E-state index contributed by atoms with van der Waals surface area (Å²) >= 11 is 2.42. The minimum atomic E-state index is -0.395. The molecular weight excluding hydrogens is 387 g/mol. The molecule has 1 N–H and O–H groups in total. The van der Waals surface area contributed by atoms with Crippen molar-refractivity contribution in [2.75, 3.05) is 11.9 Å². The molecule has 0 aliphatic carbocycles. The van der Waals surface area contributed by atoms with Gasteiger partial charge in [0.15, 0.2) is 0 Å². The number of thiophene rings is 1. The van der Waals surface area contributed by atoms with E-state index in [0.717, 1.165) is 11.1 Å². The van der Waals surface area contributed by atoms with Gasteiger partial charge in [-0.25, -0.2) is 14.2 Å². The summed E-state index contributed by atoms with van der Waals surface area (Å²) in [4.78, 5) is 29.9. The van der Waals surface area contributed by atoms with Crippen LogP contribution in [0.5, 0.6) is 0 Å². The summed E-state index contributed by atoms with van der Waals surface area (Å²) in [6, 6.07) is 7.72. The molecule has 0 bridgehead atoms. The lowest BCUT2D eigenvalue weighted by Gasteiger charge is -2.00. The number of benzene rings is 1. The van der Waals surface area contributed by atoms with E-state index in [1.165, 1.54) is 34.8 Å². The Balaban J connectivity index is 1.80. The van der Waals surface area contributed by atoms with Gasteiger partial charge >= 0.3 is 5.97 Å². The summed E-state index contributed by atoms with van der Waals surface area (Å²) in [5.41, 5.74) is 2.10. The molecule has 0 saturated carbocycles. The highest BCUT2D eigenvalue weighted by Crippen LogP contribution is 2.31. The Morgan fingerprint density at radius 1 is 1.15 bits per heavy atom. The van der Waals surface area contributed by atoms with Crippen LogP contribution in [0.4, 0.5) is 9.39 Å². The molecule has 0 saturated heterocycles. The van der Waals surface area contributed by atoms with Crippen molar-refractivity contribution in [2.45, 2.75) is 20.8 Å². The minimum absolute atomic E-state index is 0.296. The molecule has 0 fully saturated rings. The number of carbonyl (C=O) groups is 2. The first kappa shape index (κ1) is 19.2. The maximum Gasteiger partial charge on any atom is 0.348 e. The second-order valence-electron chi connectivity index (χ2n) is 5.74. The minimum Gasteiger partial charge on any atom is -0.462 e. The van der Waals surface area contributed by atoms with Gasteiger partial charge in [-0.15, -0.1) is 22.7 Å². The molecule has 2 heterocycles. The van der Waals surface area contributed by atoms with Crippen molar-refractivity contribution in [1.29, 1.82) is 0 Å². The number of hydrogen-bond acceptors (Lipinski definition) is 6. The van der Waals surface area contributed by atoms with Crippen LogP contribution in [0.1, 0.15) is 37.5 Å². The Labute approximate surface area is 163 Å². The largest absolute Gasteiger partial charge is 0.462 e. The molecule has 3 rings (SSSR count). The summed E-state index contributed by atoms with van der Waals surface area (Å²) in [7, 11) is 0. The summed E-state index contributed by atoms with van der Waals surface area (Å²) in [5, 5.41) is 4.03. The topological polar surface area (TPSA) is 68.3 Å². The predicted octanol–water partition coefficient (Wildman–Crippen LogP) is 5.06. The number of ether oxygens (including phenoxy) is 1. The van der Waals surface area contributed by atoms with E-state index in [9.17, 15) is 14.0 Å². The maximum atomic E-state index is 13.1. The van der Waals surface area contributed by atoms with E-state index in [-0.39, 0.29) is 11.7 Å². The fraction of sp³-hybridized carbons (Fsp3) is 0.211. The van der Waals surface area contributed by atoms with E-state index in [1.807, 2.05) is 0 Å². The molecule has 0 spiro atoms. The van der Waals surface area contributed by atoms with E-state index in [0.29, 0.717) is 32.1 Å². The molecular formula is C19H17FN2O3S2. The van der Waals surface area contributed by atoms with Crippen molar-refractivity contribution in [1.82, 2.24) is 4.98 Å². The average molecular weight is 404 g/mol. The number of nitrogens with one attached hydrogen (secondary N) is 1. The summed E-state index contributed by atoms with van der Waals surface area (Å²) in [6.45, 7) is 5.59. The summed E-state index contributed by atoms with van der Waals surface area (Å²) in [6.07, 6.45) is 0. The predicted molar refractivity (Wildman–Crippen MR) is 105 cm³/mol. The highest BCUT2D eigenvalue weighted by Gasteiger charge is 2.19. The van der Waals surface area contributed by atoms with Crippen LogP contribution in [0.15, 0.2) is 30.3 Å². The Bertz CT molecular complexity index is 993. The number of anilines is 1. The van der Waals surface area contributed by atoms with Crippen LogP contribution in [-0.4, -0.2) is 23.5 Å². The normalized spacial score (nSPS) is 10.7. The highest BCUT2D eigenvalue weighted by molar-refractivity contribution is 7.19. The van der Waals surface area contributed by atoms with Crippen LogP contribution in [0, 0.1) is 19.7 Å². The average Bonchev–Trinajstić information content (AvgIpc) is 3.18. The molecule has 8 heteroatoms. The van der Waals surface area contributed by atoms with Crippen molar-refractivity contribution >= 4 is 39.6 Å². The third-order valence-corrected chi connectivity index (χ3v) is 6.05. The van der Waals surface area contributed by atoms with Gasteiger partial charge in [-0.05, 0) is 56.7 Å². The second kappa shape index (κ2) is 7.98. The highest BCUT2D eigenvalue weighted by atomic mass is 32.1. The number of amides is 1. The van der Waals surface area contributed by atoms with Crippen LogP contribution < -0.4 is 5.32 Å². The lowest BCUT2D eigenvalue weighted by atomic mass is 10.2. The molecule has 2 aromatic heterocycles. The van der Waals surface area contributed by atoms with Gasteiger partial charge < -0.3 is 10.1 Å². The van der Waals surface area contributed by atoms with E-state index in [2.05, 4.69) is 10.3 Å². The van der Waals surface area contributed by atoms with Crippen LogP contribution >= 0.6 is 22.7 Å². The zero-order valence-electron chi connectivity index (χ0n) is 15.0. The van der Waals surface area contributed by atoms with E-state index in [4.69, 9.17) is 4.74 Å². The van der Waals surface area contributed by atoms with Crippen LogP contribution in [0.25, 0.3) is 10.6 Å². The number of aryl methyl sites for hydroxylation is 2. The molecule has 1 amide bonds. The monoisotopic (exact) mass is 404 g/mol. The molecule has 3 aromatic rings. The number of nitrogens with zero attached hydrogens (tertiary/aromatic N) is 1. The van der Waals surface area contributed by atoms with Crippen molar-refractivity contribution in [3.8, 4) is 10.6 Å². The van der Waals surface area contributed by atoms with Gasteiger partial charge in [0.1, 0.15) is 20.6 Å². The van der Waals surface area contributed by atoms with E-state index < -0.39 is 5.97 Å². The van der Waals surface area contributed by atoms with Crippen molar-refractivity contribution < 1.29 is 18.7 Å². The van der Waals surface area contributed by atoms with Crippen LogP contribution in [0.3, 0.4) is 0 Å². The van der Waals surface area contributed by atoms with Gasteiger partial charge in [0.05, 0.1) is 17.3 Å². The first-order valence-corrected chi connectivity index (χ1v) is 9.84. The Morgan fingerprint density at radius 3 is 2.52 bits per heavy atom. The fourth-order valence-corrected chi connectivity index (χ4v) is 4.36. The molecule has 5 nitrogen and oxygen atoms in total. The molecule has 27 heavy (non-hydrogen) atoms. The summed E-state index contributed by atoms with van der Waals surface area (Å²) < 4.78 is 18.1. The molecule has 0 unspecified atom stereocenters. The first-order valence-electron chi connectivity index (χ1n) is 8.21. The molecule has 1 aromatic carbocycles. The van der Waals surface area contributed by atoms with E-state index >= 15 is 0 Å². The molecule has 0 atom stereocenters. The lowest BCUT2D eigenvalue weighted by molar-refractivity contribution is 0.0531. The SMILES string of the molecule is CCOC(=O)c1sc(NC(=O)c2sc(-c3ccc(F)cc3)nc2C)cc1C. The molecule has 0 aliphatic heterocycles. The van der Waals surface area contributed by atoms with Gasteiger partial charge in [0.25, 0.3) is 5.91 Å². The zero-order valence-corrected chi connectivity index (χ0v) is 16.6. The Kier molecular flexibility index (Phi) is 5.67. The Hall–Kier alpha value is -2.58. The van der Waals surface area contributed by atoms with E-state index in [1.54, 1.807) is 39.0 Å². The van der Waals surface area contributed by atoms with Crippen LogP contribution in [-0.2, 0) is 4.74 Å². The standard InChI is InChI=1S/C19H17FN2O3S2/c1-4-25-19(24)15-10(2)9-14(26-15)22-17(23)16-11(3)21-18(27-16)12-5-7-13(20)8-6-12/h5-9H,4H2,1-3H3,(H,22,23). The number of thiazole rings is 1. The fourth-order valence-electron chi connectivity index (χ4n) is 2.43. The number of aromatic nitrogens is 1. The zero-order chi connectivity index (χ0) is 19.6. The quantitative estimate of drug-likeness (QED) is 0.604. The molecule has 140 valence electrons. The van der Waals surface area contributed by atoms with Crippen molar-refractivity contribution in [3.63, 3.8) is 0 Å². The van der Waals surface area contributed by atoms with Gasteiger partial charge in [0.2, 0.25) is 0 Å². The van der Waals surface area contributed by atoms with Crippen molar-refractivity contribution in [2.24, 2.45) is 0 Å². The Morgan fingerprint density at radius 2 is 1.85 bits per heavy atom. The van der Waals surface area contributed by atoms with Gasteiger partial charge in [0, 0.05) is 5.56 Å². The van der Waals surface area contributed by atoms with Gasteiger partial charge in [-0.1, -0.05) is 0 Å². The van der Waals surface area contributed by atoms with Crippen molar-refractivity contribution in [3.05, 3.63) is 57.2 Å². The third-order valence-electron chi connectivity index (χ3n) is 3.71. The second-order valence-corrected chi connectivity index (χ2v) is 7.79. The number of hydrogen-bond donors (Lipinski definition) is 1. The van der Waals surface area contributed by atoms with Gasteiger partial charge in [-0.3, -0.25) is 4.79 Å². The lowest BCUT2D eigenvalue weighted by Crippen LogP contribution is -2.10. The third kappa shape index (κ3) is 4.23. The van der Waals surface area contributed by atoms with Gasteiger partial charge in [-0.2, -0.15) is 0 Å². The van der Waals surface area contributed by atoms with Crippen LogP contribution in [0.2, 0.25) is 0 Å². The number of halogens is 1. The summed E-state index contributed by atoms with van der Waals surface area (Å²) in [5.74, 6) is -1.02.